The number of nitriles is 1. The number of rotatable bonds is 3. The molecule has 0 spiro atoms. The lowest BCUT2D eigenvalue weighted by Crippen LogP contribution is -2.41. The molecule has 0 saturated carbocycles. The van der Waals surface area contributed by atoms with Crippen molar-refractivity contribution in [1.29, 1.82) is 5.26 Å². The molecule has 0 saturated heterocycles. The molecule has 0 radical (unpaired) electrons. The summed E-state index contributed by atoms with van der Waals surface area (Å²) in [5, 5.41) is 9.75. The number of allylic oxidation sites excluding steroid dienone is 1. The number of halogens is 2. The number of fused-ring (bicyclic) bond motifs is 1. The molecule has 4 rings (SSSR count). The zero-order chi connectivity index (χ0) is 22.3. The quantitative estimate of drug-likeness (QED) is 0.640. The van der Waals surface area contributed by atoms with Crippen molar-refractivity contribution in [2.75, 3.05) is 0 Å². The van der Waals surface area contributed by atoms with E-state index in [1.807, 2.05) is 6.07 Å². The molecule has 31 heavy (non-hydrogen) atoms. The van der Waals surface area contributed by atoms with Crippen molar-refractivity contribution in [3.8, 4) is 6.07 Å². The Kier molecular flexibility index (Phi) is 5.01. The van der Waals surface area contributed by atoms with Gasteiger partial charge in [0.25, 0.3) is 5.56 Å². The van der Waals surface area contributed by atoms with Crippen LogP contribution in [0.5, 0.6) is 0 Å². The topological polar surface area (TPSA) is 115 Å². The molecule has 1 atom stereocenters. The summed E-state index contributed by atoms with van der Waals surface area (Å²) in [5.41, 5.74) is 12.3. The molecule has 0 bridgehead atoms. The third kappa shape index (κ3) is 3.43. The summed E-state index contributed by atoms with van der Waals surface area (Å²) in [7, 11) is 0. The van der Waals surface area contributed by atoms with E-state index in [1.165, 1.54) is 54.6 Å². The van der Waals surface area contributed by atoms with Crippen LogP contribution in [0.15, 0.2) is 58.9 Å². The molecule has 1 aromatic heterocycles. The number of hydrogen-bond acceptors (Lipinski definition) is 5. The van der Waals surface area contributed by atoms with Gasteiger partial charge in [-0.2, -0.15) is 5.26 Å². The van der Waals surface area contributed by atoms with Crippen LogP contribution in [0.2, 0.25) is 0 Å². The summed E-state index contributed by atoms with van der Waals surface area (Å²) in [5.74, 6) is -2.81. The molecule has 2 aromatic carbocycles. The van der Waals surface area contributed by atoms with E-state index in [2.05, 4.69) is 0 Å². The summed E-state index contributed by atoms with van der Waals surface area (Å²) in [6, 6.07) is 12.7. The van der Waals surface area contributed by atoms with Crippen molar-refractivity contribution >= 4 is 34.7 Å². The fourth-order valence-corrected chi connectivity index (χ4v) is 4.67. The third-order valence-corrected chi connectivity index (χ3v) is 6.01. The van der Waals surface area contributed by atoms with Crippen LogP contribution in [-0.4, -0.2) is 10.5 Å². The van der Waals surface area contributed by atoms with E-state index in [1.54, 1.807) is 0 Å². The Balaban J connectivity index is 2.07. The molecular formula is C22H14F2N4O2S. The molecule has 1 aliphatic heterocycles. The first-order valence-corrected chi connectivity index (χ1v) is 9.82. The minimum Gasteiger partial charge on any atom is -0.384 e. The van der Waals surface area contributed by atoms with Gasteiger partial charge >= 0.3 is 0 Å². The molecule has 2 heterocycles. The first kappa shape index (κ1) is 20.3. The van der Waals surface area contributed by atoms with Crippen LogP contribution < -0.4 is 26.2 Å². The maximum absolute atomic E-state index is 13.4. The van der Waals surface area contributed by atoms with Crippen molar-refractivity contribution in [3.05, 3.63) is 96.4 Å². The lowest BCUT2D eigenvalue weighted by Gasteiger charge is -2.24. The molecule has 1 amide bonds. The van der Waals surface area contributed by atoms with Gasteiger partial charge in [0, 0.05) is 0 Å². The summed E-state index contributed by atoms with van der Waals surface area (Å²) < 4.78 is 28.1. The summed E-state index contributed by atoms with van der Waals surface area (Å²) in [4.78, 5) is 25.5. The van der Waals surface area contributed by atoms with Crippen LogP contribution in [0.4, 0.5) is 8.78 Å². The standard InChI is InChI=1S/C22H14F2N4O2S/c23-13-5-1-11(2-6-13)9-16-21(30)28-19(26)15(10-25)17(12-3-7-14(24)8-4-12)18(20(27)29)22(28)31-16/h1-9,17H,26H2,(H2,27,29)/b16-9-/t17-/m1/s1. The van der Waals surface area contributed by atoms with Crippen LogP contribution in [0.25, 0.3) is 17.5 Å². The van der Waals surface area contributed by atoms with Crippen LogP contribution in [0.3, 0.4) is 0 Å². The predicted octanol–water partition coefficient (Wildman–Crippen LogP) is 1.10. The lowest BCUT2D eigenvalue weighted by molar-refractivity contribution is -0.113. The second kappa shape index (κ2) is 7.66. The van der Waals surface area contributed by atoms with Crippen molar-refractivity contribution in [1.82, 2.24) is 4.57 Å². The van der Waals surface area contributed by atoms with Gasteiger partial charge < -0.3 is 11.5 Å². The first-order valence-electron chi connectivity index (χ1n) is 9.00. The maximum atomic E-state index is 13.4. The van der Waals surface area contributed by atoms with E-state index in [0.29, 0.717) is 11.1 Å². The largest absolute Gasteiger partial charge is 0.384 e. The highest BCUT2D eigenvalue weighted by Gasteiger charge is 2.34. The number of hydrogen-bond donors (Lipinski definition) is 2. The van der Waals surface area contributed by atoms with Gasteiger partial charge in [-0.1, -0.05) is 24.3 Å². The van der Waals surface area contributed by atoms with Crippen LogP contribution in [0.1, 0.15) is 17.0 Å². The molecule has 4 N–H and O–H groups in total. The monoisotopic (exact) mass is 436 g/mol. The summed E-state index contributed by atoms with van der Waals surface area (Å²) >= 11 is 0.981. The fraction of sp³-hybridized carbons (Fsp3) is 0.0455. The zero-order valence-corrected chi connectivity index (χ0v) is 16.6. The van der Waals surface area contributed by atoms with E-state index >= 15 is 0 Å². The second-order valence-corrected chi connectivity index (χ2v) is 7.81. The fourth-order valence-electron chi connectivity index (χ4n) is 3.49. The maximum Gasteiger partial charge on any atom is 0.274 e. The molecule has 1 aliphatic rings. The second-order valence-electron chi connectivity index (χ2n) is 6.78. The Morgan fingerprint density at radius 3 is 2.23 bits per heavy atom. The molecular weight excluding hydrogens is 422 g/mol. The van der Waals surface area contributed by atoms with Gasteiger partial charge in [-0.3, -0.25) is 14.2 Å². The third-order valence-electron chi connectivity index (χ3n) is 4.91. The van der Waals surface area contributed by atoms with Crippen LogP contribution in [-0.2, 0) is 4.79 Å². The summed E-state index contributed by atoms with van der Waals surface area (Å²) in [6.07, 6.45) is 1.53. The number of aromatic nitrogens is 1. The van der Waals surface area contributed by atoms with Crippen molar-refractivity contribution in [2.45, 2.75) is 5.92 Å². The molecule has 9 heteroatoms. The average Bonchev–Trinajstić information content (AvgIpc) is 3.06. The number of benzene rings is 2. The predicted molar refractivity (Wildman–Crippen MR) is 113 cm³/mol. The van der Waals surface area contributed by atoms with Crippen LogP contribution >= 0.6 is 11.3 Å². The van der Waals surface area contributed by atoms with Crippen molar-refractivity contribution in [2.24, 2.45) is 11.5 Å². The summed E-state index contributed by atoms with van der Waals surface area (Å²) in [6.45, 7) is 0. The van der Waals surface area contributed by atoms with Gasteiger partial charge in [0.15, 0.2) is 0 Å². The van der Waals surface area contributed by atoms with Crippen molar-refractivity contribution in [3.63, 3.8) is 0 Å². The molecule has 0 aliphatic carbocycles. The molecule has 154 valence electrons. The van der Waals surface area contributed by atoms with E-state index in [4.69, 9.17) is 11.5 Å². The van der Waals surface area contributed by atoms with E-state index < -0.39 is 29.0 Å². The Hall–Kier alpha value is -4.03. The van der Waals surface area contributed by atoms with Crippen molar-refractivity contribution < 1.29 is 13.6 Å². The smallest absolute Gasteiger partial charge is 0.274 e. The highest BCUT2D eigenvalue weighted by molar-refractivity contribution is 7.07. The van der Waals surface area contributed by atoms with Gasteiger partial charge in [-0.05, 0) is 41.5 Å². The highest BCUT2D eigenvalue weighted by atomic mass is 32.1. The number of thiazole rings is 1. The van der Waals surface area contributed by atoms with Gasteiger partial charge in [0.05, 0.1) is 27.7 Å². The normalized spacial score (nSPS) is 16.2. The highest BCUT2D eigenvalue weighted by Crippen LogP contribution is 2.35. The molecule has 0 fully saturated rings. The Morgan fingerprint density at radius 1 is 1.10 bits per heavy atom. The molecule has 6 nitrogen and oxygen atoms in total. The average molecular weight is 436 g/mol. The van der Waals surface area contributed by atoms with Gasteiger partial charge in [-0.25, -0.2) is 8.78 Å². The number of primary amides is 1. The van der Waals surface area contributed by atoms with Gasteiger partial charge in [0.1, 0.15) is 22.1 Å². The Bertz CT molecular complexity index is 1460. The van der Waals surface area contributed by atoms with Gasteiger partial charge in [-0.15, -0.1) is 11.3 Å². The zero-order valence-electron chi connectivity index (χ0n) is 15.8. The molecule has 0 unspecified atom stereocenters. The van der Waals surface area contributed by atoms with E-state index in [-0.39, 0.29) is 26.2 Å². The number of carbonyl (C=O) groups excluding carboxylic acids is 1. The first-order chi connectivity index (χ1) is 14.8. The SMILES string of the molecule is N#CC1=C(N)n2c(s/c(=C\c3ccc(F)cc3)c2=O)=C(C(N)=O)[C@@H]1c1ccc(F)cc1. The number of amides is 1. The number of nitrogens with zero attached hydrogens (tertiary/aromatic N) is 2. The van der Waals surface area contributed by atoms with E-state index in [0.717, 1.165) is 15.9 Å². The number of carbonyl (C=O) groups is 1. The Labute approximate surface area is 178 Å². The number of nitrogens with two attached hydrogens (primary N) is 2. The minimum absolute atomic E-state index is 0.0122. The Morgan fingerprint density at radius 2 is 1.68 bits per heavy atom. The molecule has 3 aromatic rings. The van der Waals surface area contributed by atoms with Crippen LogP contribution in [0, 0.1) is 23.0 Å². The van der Waals surface area contributed by atoms with E-state index in [9.17, 15) is 23.6 Å². The van der Waals surface area contributed by atoms with Gasteiger partial charge in [0.2, 0.25) is 5.91 Å². The minimum atomic E-state index is -0.945. The lowest BCUT2D eigenvalue weighted by atomic mass is 9.83.